The molecule has 0 spiro atoms. The Morgan fingerprint density at radius 1 is 0.943 bits per heavy atom. The van der Waals surface area contributed by atoms with Crippen LogP contribution in [0.3, 0.4) is 0 Å². The number of thiophene rings is 1. The SMILES string of the molecule is CCCCCCc1cc(CCCCCC)c(C(O)Cc2ccnc(-c3cc(C(F)(F)F)[nH]n3)c2)s1. The van der Waals surface area contributed by atoms with Crippen LogP contribution >= 0.6 is 11.3 Å². The highest BCUT2D eigenvalue weighted by molar-refractivity contribution is 7.12. The van der Waals surface area contributed by atoms with Crippen molar-refractivity contribution in [2.75, 3.05) is 0 Å². The van der Waals surface area contributed by atoms with Crippen LogP contribution in [0.4, 0.5) is 13.2 Å². The number of halogens is 3. The van der Waals surface area contributed by atoms with Crippen molar-refractivity contribution in [1.82, 2.24) is 15.2 Å². The Bertz CT molecular complexity index is 1040. The van der Waals surface area contributed by atoms with Gasteiger partial charge in [-0.2, -0.15) is 18.3 Å². The summed E-state index contributed by atoms with van der Waals surface area (Å²) in [7, 11) is 0. The molecule has 35 heavy (non-hydrogen) atoms. The number of aryl methyl sites for hydroxylation is 2. The van der Waals surface area contributed by atoms with Gasteiger partial charge in [-0.3, -0.25) is 10.1 Å². The fourth-order valence-corrected chi connectivity index (χ4v) is 5.47. The van der Waals surface area contributed by atoms with E-state index in [-0.39, 0.29) is 5.69 Å². The van der Waals surface area contributed by atoms with Gasteiger partial charge in [-0.15, -0.1) is 11.3 Å². The molecule has 2 N–H and O–H groups in total. The second-order valence-electron chi connectivity index (χ2n) is 9.16. The van der Waals surface area contributed by atoms with Crippen LogP contribution in [0.2, 0.25) is 0 Å². The van der Waals surface area contributed by atoms with Gasteiger partial charge >= 0.3 is 6.18 Å². The maximum Gasteiger partial charge on any atom is 0.432 e. The monoisotopic (exact) mass is 507 g/mol. The predicted molar refractivity (Wildman–Crippen MR) is 135 cm³/mol. The van der Waals surface area contributed by atoms with Crippen molar-refractivity contribution in [3.05, 3.63) is 57.0 Å². The first-order valence-electron chi connectivity index (χ1n) is 12.7. The summed E-state index contributed by atoms with van der Waals surface area (Å²) < 4.78 is 38.8. The van der Waals surface area contributed by atoms with Gasteiger partial charge in [0.15, 0.2) is 0 Å². The number of aromatic amines is 1. The number of alkyl halides is 3. The van der Waals surface area contributed by atoms with Gasteiger partial charge in [0.25, 0.3) is 0 Å². The molecule has 0 bridgehead atoms. The molecule has 0 aromatic carbocycles. The van der Waals surface area contributed by atoms with Crippen molar-refractivity contribution in [2.45, 2.75) is 96.8 Å². The van der Waals surface area contributed by atoms with Gasteiger partial charge in [-0.05, 0) is 61.1 Å². The van der Waals surface area contributed by atoms with E-state index >= 15 is 0 Å². The third kappa shape index (κ3) is 8.17. The summed E-state index contributed by atoms with van der Waals surface area (Å²) in [5.41, 5.74) is 1.63. The number of aliphatic hydroxyl groups is 1. The minimum Gasteiger partial charge on any atom is -0.387 e. The minimum atomic E-state index is -4.49. The van der Waals surface area contributed by atoms with Gasteiger partial charge in [-0.1, -0.05) is 52.4 Å². The third-order valence-corrected chi connectivity index (χ3v) is 7.51. The lowest BCUT2D eigenvalue weighted by molar-refractivity contribution is -0.141. The zero-order chi connectivity index (χ0) is 25.3. The number of unbranched alkanes of at least 4 members (excludes halogenated alkanes) is 6. The Balaban J connectivity index is 1.73. The molecule has 0 amide bonds. The minimum absolute atomic E-state index is 0.135. The van der Waals surface area contributed by atoms with Gasteiger partial charge in [0.05, 0.1) is 11.8 Å². The molecule has 0 radical (unpaired) electrons. The first kappa shape index (κ1) is 27.4. The molecular formula is C27H36F3N3OS. The van der Waals surface area contributed by atoms with Crippen molar-refractivity contribution >= 4 is 11.3 Å². The summed E-state index contributed by atoms with van der Waals surface area (Å²) in [5, 5.41) is 17.0. The maximum absolute atomic E-state index is 12.9. The number of nitrogens with zero attached hydrogens (tertiary/aromatic N) is 2. The molecular weight excluding hydrogens is 471 g/mol. The first-order valence-corrected chi connectivity index (χ1v) is 13.5. The molecule has 4 nitrogen and oxygen atoms in total. The number of pyridine rings is 1. The molecule has 3 aromatic heterocycles. The van der Waals surface area contributed by atoms with Gasteiger partial charge < -0.3 is 5.11 Å². The Morgan fingerprint density at radius 3 is 2.31 bits per heavy atom. The molecule has 0 aliphatic heterocycles. The number of nitrogens with one attached hydrogen (secondary N) is 1. The summed E-state index contributed by atoms with van der Waals surface area (Å²) >= 11 is 1.71. The summed E-state index contributed by atoms with van der Waals surface area (Å²) in [6.07, 6.45) is 8.33. The molecule has 3 aromatic rings. The number of aliphatic hydroxyl groups excluding tert-OH is 1. The van der Waals surface area contributed by atoms with Gasteiger partial charge in [0.2, 0.25) is 0 Å². The zero-order valence-electron chi connectivity index (χ0n) is 20.6. The second kappa shape index (κ2) is 13.2. The Labute approximate surface area is 210 Å². The molecule has 0 saturated heterocycles. The molecule has 0 saturated carbocycles. The van der Waals surface area contributed by atoms with E-state index < -0.39 is 18.0 Å². The van der Waals surface area contributed by atoms with Crippen LogP contribution in [0.15, 0.2) is 30.5 Å². The molecule has 8 heteroatoms. The molecule has 0 aliphatic rings. The van der Waals surface area contributed by atoms with E-state index in [4.69, 9.17) is 0 Å². The van der Waals surface area contributed by atoms with E-state index in [0.29, 0.717) is 12.1 Å². The van der Waals surface area contributed by atoms with E-state index in [9.17, 15) is 18.3 Å². The molecule has 0 fully saturated rings. The highest BCUT2D eigenvalue weighted by Gasteiger charge is 2.33. The predicted octanol–water partition coefficient (Wildman–Crippen LogP) is 8.07. The first-order chi connectivity index (χ1) is 16.8. The highest BCUT2D eigenvalue weighted by atomic mass is 32.1. The molecule has 3 rings (SSSR count). The summed E-state index contributed by atoms with van der Waals surface area (Å²) in [4.78, 5) is 6.53. The summed E-state index contributed by atoms with van der Waals surface area (Å²) in [5.74, 6) is 0. The number of H-pyrrole nitrogens is 1. The molecule has 1 atom stereocenters. The second-order valence-corrected chi connectivity index (χ2v) is 10.3. The Hall–Kier alpha value is -2.19. The fraction of sp³-hybridized carbons (Fsp3) is 0.556. The number of rotatable bonds is 14. The number of aromatic nitrogens is 3. The van der Waals surface area contributed by atoms with Crippen LogP contribution in [0, 0.1) is 0 Å². The van der Waals surface area contributed by atoms with Crippen molar-refractivity contribution < 1.29 is 18.3 Å². The van der Waals surface area contributed by atoms with Crippen LogP contribution in [-0.2, 0) is 25.4 Å². The molecule has 1 unspecified atom stereocenters. The lowest BCUT2D eigenvalue weighted by atomic mass is 10.0. The lowest BCUT2D eigenvalue weighted by Gasteiger charge is -2.12. The van der Waals surface area contributed by atoms with Crippen molar-refractivity contribution in [1.29, 1.82) is 0 Å². The average molecular weight is 508 g/mol. The van der Waals surface area contributed by atoms with Gasteiger partial charge in [0, 0.05) is 22.4 Å². The number of hydrogen-bond acceptors (Lipinski definition) is 4. The van der Waals surface area contributed by atoms with Gasteiger partial charge in [-0.25, -0.2) is 0 Å². The van der Waals surface area contributed by atoms with Crippen molar-refractivity contribution in [2.24, 2.45) is 0 Å². The fourth-order valence-electron chi connectivity index (χ4n) is 4.23. The molecule has 3 heterocycles. The van der Waals surface area contributed by atoms with Crippen LogP contribution in [0.1, 0.15) is 97.9 Å². The third-order valence-electron chi connectivity index (χ3n) is 6.17. The Morgan fingerprint density at radius 2 is 1.66 bits per heavy atom. The van der Waals surface area contributed by atoms with E-state index in [1.54, 1.807) is 29.7 Å². The standard InChI is InChI=1S/C27H36F3N3OS/c1-3-5-7-9-11-20-17-21(12-10-8-6-4-2)35-26(20)24(34)16-19-13-14-31-22(15-19)23-18-25(33-32-23)27(28,29)30/h13-15,17-18,24,34H,3-12,16H2,1-2H3,(H,32,33). The highest BCUT2D eigenvalue weighted by Crippen LogP contribution is 2.34. The average Bonchev–Trinajstić information content (AvgIpc) is 3.48. The van der Waals surface area contributed by atoms with Crippen LogP contribution in [0.25, 0.3) is 11.4 Å². The zero-order valence-corrected chi connectivity index (χ0v) is 21.4. The van der Waals surface area contributed by atoms with E-state index in [2.05, 4.69) is 30.0 Å². The lowest BCUT2D eigenvalue weighted by Crippen LogP contribution is -2.04. The van der Waals surface area contributed by atoms with Crippen molar-refractivity contribution in [3.8, 4) is 11.4 Å². The summed E-state index contributed by atoms with van der Waals surface area (Å²) in [6, 6.07) is 6.74. The van der Waals surface area contributed by atoms with E-state index in [1.165, 1.54) is 49.0 Å². The molecule has 0 aliphatic carbocycles. The van der Waals surface area contributed by atoms with E-state index in [1.807, 2.05) is 5.10 Å². The smallest absolute Gasteiger partial charge is 0.387 e. The maximum atomic E-state index is 12.9. The quantitative estimate of drug-likeness (QED) is 0.217. The van der Waals surface area contributed by atoms with Crippen LogP contribution in [-0.4, -0.2) is 20.3 Å². The van der Waals surface area contributed by atoms with Crippen LogP contribution < -0.4 is 0 Å². The van der Waals surface area contributed by atoms with Crippen molar-refractivity contribution in [3.63, 3.8) is 0 Å². The Kier molecular flexibility index (Phi) is 10.3. The van der Waals surface area contributed by atoms with Crippen LogP contribution in [0.5, 0.6) is 0 Å². The van der Waals surface area contributed by atoms with Gasteiger partial charge in [0.1, 0.15) is 11.4 Å². The topological polar surface area (TPSA) is 61.8 Å². The van der Waals surface area contributed by atoms with E-state index in [0.717, 1.165) is 42.2 Å². The molecule has 192 valence electrons. The normalized spacial score (nSPS) is 12.9. The summed E-state index contributed by atoms with van der Waals surface area (Å²) in [6.45, 7) is 4.41. The number of hydrogen-bond donors (Lipinski definition) is 2. The largest absolute Gasteiger partial charge is 0.432 e.